The number of carbonyl (C=O) groups excluding carboxylic acids is 1. The van der Waals surface area contributed by atoms with E-state index in [0.717, 1.165) is 11.5 Å². The van der Waals surface area contributed by atoms with E-state index < -0.39 is 17.5 Å². The number of fused-ring (bicyclic) bond motifs is 1. The number of amides is 1. The summed E-state index contributed by atoms with van der Waals surface area (Å²) in [7, 11) is 0. The Balaban J connectivity index is 2.31. The third-order valence-electron chi connectivity index (χ3n) is 3.27. The minimum atomic E-state index is -0.686. The molecular formula is C16H10F2N2O. The number of rotatable bonds is 2. The van der Waals surface area contributed by atoms with Gasteiger partial charge in [0, 0.05) is 40.5 Å². The smallest absolute Gasteiger partial charge is 0.248 e. The number of nitrogens with zero attached hydrogens (tertiary/aromatic N) is 1. The molecule has 104 valence electrons. The standard InChI is InChI=1S/C16H10F2N2O/c17-11-3-4-12(15(18)6-11)14-8-20-7-10-2-1-9(16(19)21)5-13(10)14/h1-8H,(H2,19,21). The van der Waals surface area contributed by atoms with Crippen LogP contribution in [0, 0.1) is 11.6 Å². The molecule has 21 heavy (non-hydrogen) atoms. The molecule has 2 N–H and O–H groups in total. The first-order chi connectivity index (χ1) is 10.1. The minimum absolute atomic E-state index is 0.219. The summed E-state index contributed by atoms with van der Waals surface area (Å²) in [6, 6.07) is 8.18. The predicted molar refractivity (Wildman–Crippen MR) is 75.6 cm³/mol. The Hall–Kier alpha value is -2.82. The van der Waals surface area contributed by atoms with Crippen molar-refractivity contribution in [3.05, 3.63) is 66.0 Å². The summed E-state index contributed by atoms with van der Waals surface area (Å²) in [5, 5.41) is 1.37. The number of halogens is 2. The molecule has 0 bridgehead atoms. The fourth-order valence-electron chi connectivity index (χ4n) is 2.24. The van der Waals surface area contributed by atoms with Gasteiger partial charge in [0.05, 0.1) is 0 Å². The highest BCUT2D eigenvalue weighted by Crippen LogP contribution is 2.30. The maximum absolute atomic E-state index is 14.0. The molecule has 0 aliphatic carbocycles. The third kappa shape index (κ3) is 2.33. The second-order valence-corrected chi connectivity index (χ2v) is 4.61. The molecule has 0 aliphatic heterocycles. The van der Waals surface area contributed by atoms with Gasteiger partial charge >= 0.3 is 0 Å². The van der Waals surface area contributed by atoms with Gasteiger partial charge < -0.3 is 5.73 Å². The predicted octanol–water partition coefficient (Wildman–Crippen LogP) is 3.28. The van der Waals surface area contributed by atoms with Crippen LogP contribution in [0.15, 0.2) is 48.8 Å². The molecule has 0 saturated carbocycles. The second kappa shape index (κ2) is 4.94. The highest BCUT2D eigenvalue weighted by Gasteiger charge is 2.12. The van der Waals surface area contributed by atoms with Gasteiger partial charge in [-0.05, 0) is 29.7 Å². The van der Waals surface area contributed by atoms with Crippen LogP contribution in [0.2, 0.25) is 0 Å². The van der Waals surface area contributed by atoms with Crippen LogP contribution in [-0.2, 0) is 0 Å². The fraction of sp³-hybridized carbons (Fsp3) is 0. The number of pyridine rings is 1. The van der Waals surface area contributed by atoms with E-state index >= 15 is 0 Å². The lowest BCUT2D eigenvalue weighted by Crippen LogP contribution is -2.10. The Morgan fingerprint density at radius 1 is 1.00 bits per heavy atom. The largest absolute Gasteiger partial charge is 0.366 e. The number of hydrogen-bond donors (Lipinski definition) is 1. The minimum Gasteiger partial charge on any atom is -0.366 e. The molecule has 2 aromatic carbocycles. The van der Waals surface area contributed by atoms with Gasteiger partial charge in [0.1, 0.15) is 11.6 Å². The molecule has 5 heteroatoms. The van der Waals surface area contributed by atoms with Crippen molar-refractivity contribution in [1.29, 1.82) is 0 Å². The van der Waals surface area contributed by atoms with E-state index in [1.165, 1.54) is 18.3 Å². The van der Waals surface area contributed by atoms with Crippen LogP contribution in [0.1, 0.15) is 10.4 Å². The Morgan fingerprint density at radius 3 is 2.52 bits per heavy atom. The van der Waals surface area contributed by atoms with E-state index in [0.29, 0.717) is 16.5 Å². The molecule has 0 aliphatic rings. The van der Waals surface area contributed by atoms with Crippen molar-refractivity contribution in [1.82, 2.24) is 4.98 Å². The van der Waals surface area contributed by atoms with Crippen molar-refractivity contribution in [2.75, 3.05) is 0 Å². The molecule has 1 aromatic heterocycles. The zero-order valence-electron chi connectivity index (χ0n) is 10.8. The Kier molecular flexibility index (Phi) is 3.10. The number of nitrogens with two attached hydrogens (primary N) is 1. The molecule has 0 radical (unpaired) electrons. The summed E-state index contributed by atoms with van der Waals surface area (Å²) in [5.74, 6) is -1.91. The molecule has 1 amide bonds. The van der Waals surface area contributed by atoms with E-state index in [4.69, 9.17) is 5.73 Å². The first-order valence-corrected chi connectivity index (χ1v) is 6.19. The highest BCUT2D eigenvalue weighted by atomic mass is 19.1. The summed E-state index contributed by atoms with van der Waals surface area (Å²) in [4.78, 5) is 15.3. The molecule has 0 spiro atoms. The summed E-state index contributed by atoms with van der Waals surface area (Å²) in [6.07, 6.45) is 3.08. The molecule has 0 unspecified atom stereocenters. The van der Waals surface area contributed by atoms with Crippen LogP contribution in [-0.4, -0.2) is 10.9 Å². The first kappa shape index (κ1) is 13.2. The van der Waals surface area contributed by atoms with E-state index in [1.54, 1.807) is 24.4 Å². The number of benzene rings is 2. The topological polar surface area (TPSA) is 56.0 Å². The summed E-state index contributed by atoms with van der Waals surface area (Å²) >= 11 is 0. The summed E-state index contributed by atoms with van der Waals surface area (Å²) in [6.45, 7) is 0. The van der Waals surface area contributed by atoms with Gasteiger partial charge in [-0.3, -0.25) is 9.78 Å². The van der Waals surface area contributed by atoms with Crippen molar-refractivity contribution >= 4 is 16.7 Å². The summed E-state index contributed by atoms with van der Waals surface area (Å²) < 4.78 is 27.0. The SMILES string of the molecule is NC(=O)c1ccc2cncc(-c3ccc(F)cc3F)c2c1. The molecular weight excluding hydrogens is 274 g/mol. The first-order valence-electron chi connectivity index (χ1n) is 6.19. The molecule has 3 rings (SSSR count). The van der Waals surface area contributed by atoms with Crippen molar-refractivity contribution < 1.29 is 13.6 Å². The van der Waals surface area contributed by atoms with Gasteiger partial charge in [-0.15, -0.1) is 0 Å². The van der Waals surface area contributed by atoms with Gasteiger partial charge in [0.15, 0.2) is 0 Å². The van der Waals surface area contributed by atoms with Gasteiger partial charge in [-0.25, -0.2) is 8.78 Å². The van der Waals surface area contributed by atoms with Gasteiger partial charge in [0.25, 0.3) is 0 Å². The number of aromatic nitrogens is 1. The fourth-order valence-corrected chi connectivity index (χ4v) is 2.24. The van der Waals surface area contributed by atoms with Crippen molar-refractivity contribution in [3.8, 4) is 11.1 Å². The summed E-state index contributed by atoms with van der Waals surface area (Å²) in [5.41, 5.74) is 6.28. The maximum Gasteiger partial charge on any atom is 0.248 e. The van der Waals surface area contributed by atoms with Crippen LogP contribution in [0.4, 0.5) is 8.78 Å². The van der Waals surface area contributed by atoms with Crippen molar-refractivity contribution in [3.63, 3.8) is 0 Å². The lowest BCUT2D eigenvalue weighted by atomic mass is 9.98. The van der Waals surface area contributed by atoms with Crippen molar-refractivity contribution in [2.24, 2.45) is 5.73 Å². The normalized spacial score (nSPS) is 10.8. The van der Waals surface area contributed by atoms with Gasteiger partial charge in [0.2, 0.25) is 5.91 Å². The van der Waals surface area contributed by atoms with E-state index in [-0.39, 0.29) is 5.56 Å². The zero-order chi connectivity index (χ0) is 15.0. The molecule has 3 nitrogen and oxygen atoms in total. The molecule has 1 heterocycles. The lowest BCUT2D eigenvalue weighted by Gasteiger charge is -2.08. The van der Waals surface area contributed by atoms with Crippen LogP contribution in [0.25, 0.3) is 21.9 Å². The Bertz CT molecular complexity index is 862. The zero-order valence-corrected chi connectivity index (χ0v) is 10.8. The Morgan fingerprint density at radius 2 is 1.81 bits per heavy atom. The highest BCUT2D eigenvalue weighted by molar-refractivity contribution is 6.02. The Labute approximate surface area is 119 Å². The molecule has 0 saturated heterocycles. The maximum atomic E-state index is 14.0. The number of hydrogen-bond acceptors (Lipinski definition) is 2. The molecule has 0 fully saturated rings. The van der Waals surface area contributed by atoms with Gasteiger partial charge in [-0.2, -0.15) is 0 Å². The number of carbonyl (C=O) groups is 1. The molecule has 3 aromatic rings. The van der Waals surface area contributed by atoms with E-state index in [1.807, 2.05) is 0 Å². The second-order valence-electron chi connectivity index (χ2n) is 4.61. The van der Waals surface area contributed by atoms with Crippen molar-refractivity contribution in [2.45, 2.75) is 0 Å². The van der Waals surface area contributed by atoms with Crippen LogP contribution >= 0.6 is 0 Å². The van der Waals surface area contributed by atoms with Crippen LogP contribution < -0.4 is 5.73 Å². The number of primary amides is 1. The van der Waals surface area contributed by atoms with E-state index in [2.05, 4.69) is 4.98 Å². The molecule has 0 atom stereocenters. The third-order valence-corrected chi connectivity index (χ3v) is 3.27. The lowest BCUT2D eigenvalue weighted by molar-refractivity contribution is 0.100. The average molecular weight is 284 g/mol. The van der Waals surface area contributed by atoms with Crippen LogP contribution in [0.5, 0.6) is 0 Å². The quantitative estimate of drug-likeness (QED) is 0.785. The van der Waals surface area contributed by atoms with Gasteiger partial charge in [-0.1, -0.05) is 6.07 Å². The monoisotopic (exact) mass is 284 g/mol. The van der Waals surface area contributed by atoms with E-state index in [9.17, 15) is 13.6 Å². The van der Waals surface area contributed by atoms with Crippen LogP contribution in [0.3, 0.4) is 0 Å². The average Bonchev–Trinajstić information content (AvgIpc) is 2.46.